The molecule has 2 aliphatic heterocycles. The summed E-state index contributed by atoms with van der Waals surface area (Å²) in [5.74, 6) is -0.0241. The summed E-state index contributed by atoms with van der Waals surface area (Å²) in [4.78, 5) is 33.7. The lowest BCUT2D eigenvalue weighted by Gasteiger charge is -2.42. The van der Waals surface area contributed by atoms with Crippen LogP contribution in [0, 0.1) is 0 Å². The number of carbonyl (C=O) groups is 2. The van der Waals surface area contributed by atoms with E-state index in [1.165, 1.54) is 0 Å². The number of carbonyl (C=O) groups excluding carboxylic acids is 2. The summed E-state index contributed by atoms with van der Waals surface area (Å²) in [5, 5.41) is 1.06. The van der Waals surface area contributed by atoms with E-state index in [1.807, 2.05) is 77.8 Å². The third-order valence-corrected chi connectivity index (χ3v) is 6.39. The summed E-state index contributed by atoms with van der Waals surface area (Å²) in [6.07, 6.45) is 6.72. The highest BCUT2D eigenvalue weighted by Crippen LogP contribution is 2.29. The first-order chi connectivity index (χ1) is 15.6. The van der Waals surface area contributed by atoms with Gasteiger partial charge in [-0.15, -0.1) is 0 Å². The minimum absolute atomic E-state index is 0.0214. The molecule has 1 aromatic heterocycles. The number of rotatable bonds is 4. The molecule has 32 heavy (non-hydrogen) atoms. The van der Waals surface area contributed by atoms with Gasteiger partial charge in [0.25, 0.3) is 5.91 Å². The Kier molecular flexibility index (Phi) is 5.53. The van der Waals surface area contributed by atoms with Crippen molar-refractivity contribution in [2.24, 2.45) is 0 Å². The first-order valence-electron chi connectivity index (χ1n) is 11.1. The fourth-order valence-electron chi connectivity index (χ4n) is 4.68. The Morgan fingerprint density at radius 1 is 1.06 bits per heavy atom. The molecule has 1 spiro atoms. The SMILES string of the molecule is O=C(Cc1c[nH]c2ccccc12)N1CCO[C@@]2(CC=CCN(Cc3ccccc3)C2=O)C1. The second kappa shape index (κ2) is 8.63. The molecule has 2 amide bonds. The molecule has 0 radical (unpaired) electrons. The number of H-pyrrole nitrogens is 1. The van der Waals surface area contributed by atoms with Crippen LogP contribution in [0.15, 0.2) is 72.9 Å². The Morgan fingerprint density at radius 3 is 2.75 bits per heavy atom. The lowest BCUT2D eigenvalue weighted by Crippen LogP contribution is -2.61. The van der Waals surface area contributed by atoms with Gasteiger partial charge in [-0.1, -0.05) is 60.7 Å². The van der Waals surface area contributed by atoms with Crippen molar-refractivity contribution in [1.82, 2.24) is 14.8 Å². The molecule has 1 N–H and O–H groups in total. The Hall–Kier alpha value is -3.38. The molecule has 6 nitrogen and oxygen atoms in total. The first kappa shape index (κ1) is 20.5. The van der Waals surface area contributed by atoms with Crippen LogP contribution in [0.5, 0.6) is 0 Å². The predicted molar refractivity (Wildman–Crippen MR) is 123 cm³/mol. The van der Waals surface area contributed by atoms with Crippen LogP contribution in [0.1, 0.15) is 17.5 Å². The number of benzene rings is 2. The number of fused-ring (bicyclic) bond motifs is 1. The van der Waals surface area contributed by atoms with Crippen LogP contribution in [-0.4, -0.2) is 58.4 Å². The summed E-state index contributed by atoms with van der Waals surface area (Å²) in [7, 11) is 0. The molecule has 0 unspecified atom stereocenters. The van der Waals surface area contributed by atoms with Crippen LogP contribution in [0.4, 0.5) is 0 Å². The molecule has 1 saturated heterocycles. The van der Waals surface area contributed by atoms with Crippen molar-refractivity contribution >= 4 is 22.7 Å². The molecule has 2 aliphatic rings. The Labute approximate surface area is 187 Å². The highest BCUT2D eigenvalue weighted by Gasteiger charge is 2.46. The van der Waals surface area contributed by atoms with Crippen molar-refractivity contribution in [1.29, 1.82) is 0 Å². The summed E-state index contributed by atoms with van der Waals surface area (Å²) in [5.41, 5.74) is 2.06. The number of nitrogens with zero attached hydrogens (tertiary/aromatic N) is 2. The van der Waals surface area contributed by atoms with E-state index in [-0.39, 0.29) is 18.4 Å². The Morgan fingerprint density at radius 2 is 1.88 bits per heavy atom. The van der Waals surface area contributed by atoms with E-state index >= 15 is 0 Å². The lowest BCUT2D eigenvalue weighted by molar-refractivity contribution is -0.173. The van der Waals surface area contributed by atoms with Gasteiger partial charge >= 0.3 is 0 Å². The zero-order valence-electron chi connectivity index (χ0n) is 18.0. The van der Waals surface area contributed by atoms with Gasteiger partial charge < -0.3 is 19.5 Å². The monoisotopic (exact) mass is 429 g/mol. The first-order valence-corrected chi connectivity index (χ1v) is 11.1. The molecule has 1 fully saturated rings. The van der Waals surface area contributed by atoms with E-state index in [1.54, 1.807) is 4.90 Å². The van der Waals surface area contributed by atoms with E-state index in [9.17, 15) is 9.59 Å². The van der Waals surface area contributed by atoms with Crippen LogP contribution in [0.3, 0.4) is 0 Å². The highest BCUT2D eigenvalue weighted by molar-refractivity contribution is 5.90. The van der Waals surface area contributed by atoms with E-state index in [2.05, 4.69) is 4.98 Å². The van der Waals surface area contributed by atoms with Gasteiger partial charge in [0.1, 0.15) is 0 Å². The van der Waals surface area contributed by atoms with Crippen LogP contribution >= 0.6 is 0 Å². The molecule has 3 aromatic rings. The maximum atomic E-state index is 13.6. The van der Waals surface area contributed by atoms with Gasteiger partial charge in [-0.05, 0) is 17.2 Å². The van der Waals surface area contributed by atoms with E-state index in [0.29, 0.717) is 39.1 Å². The van der Waals surface area contributed by atoms with Crippen molar-refractivity contribution in [3.8, 4) is 0 Å². The van der Waals surface area contributed by atoms with Crippen molar-refractivity contribution in [3.05, 3.63) is 84.1 Å². The molecule has 5 rings (SSSR count). The van der Waals surface area contributed by atoms with Crippen LogP contribution < -0.4 is 0 Å². The largest absolute Gasteiger partial charge is 0.361 e. The normalized spacial score (nSPS) is 21.3. The molecule has 0 bridgehead atoms. The molecule has 0 saturated carbocycles. The van der Waals surface area contributed by atoms with Gasteiger partial charge in [0, 0.05) is 43.2 Å². The zero-order chi connectivity index (χ0) is 22.0. The zero-order valence-corrected chi connectivity index (χ0v) is 18.0. The molecule has 2 aromatic carbocycles. The number of hydrogen-bond donors (Lipinski definition) is 1. The fraction of sp³-hybridized carbons (Fsp3) is 0.308. The van der Waals surface area contributed by atoms with E-state index in [4.69, 9.17) is 4.74 Å². The van der Waals surface area contributed by atoms with Crippen molar-refractivity contribution in [2.75, 3.05) is 26.2 Å². The number of hydrogen-bond acceptors (Lipinski definition) is 3. The second-order valence-electron chi connectivity index (χ2n) is 8.54. The Bertz CT molecular complexity index is 1150. The molecule has 1 atom stereocenters. The van der Waals surface area contributed by atoms with Gasteiger partial charge in [-0.3, -0.25) is 9.59 Å². The minimum atomic E-state index is -1.02. The number of aromatic nitrogens is 1. The van der Waals surface area contributed by atoms with Crippen molar-refractivity contribution < 1.29 is 14.3 Å². The Balaban J connectivity index is 1.33. The number of nitrogens with one attached hydrogen (secondary N) is 1. The molecular formula is C26H27N3O3. The summed E-state index contributed by atoms with van der Waals surface area (Å²) >= 11 is 0. The van der Waals surface area contributed by atoms with Gasteiger partial charge in [0.15, 0.2) is 5.60 Å². The highest BCUT2D eigenvalue weighted by atomic mass is 16.5. The standard InChI is InChI=1S/C26H27N3O3/c30-24(16-21-17-27-23-11-5-4-10-22(21)23)29-14-15-32-26(19-29)12-6-7-13-28(25(26)31)18-20-8-2-1-3-9-20/h1-11,17,27H,12-16,18-19H2/t26-/m0/s1. The molecule has 6 heteroatoms. The van der Waals surface area contributed by atoms with Crippen LogP contribution in [0.2, 0.25) is 0 Å². The molecule has 3 heterocycles. The quantitative estimate of drug-likeness (QED) is 0.648. The number of amides is 2. The predicted octanol–water partition coefficient (Wildman–Crippen LogP) is 3.30. The summed E-state index contributed by atoms with van der Waals surface area (Å²) in [6.45, 7) is 2.21. The van der Waals surface area contributed by atoms with Crippen molar-refractivity contribution in [2.45, 2.75) is 25.0 Å². The second-order valence-corrected chi connectivity index (χ2v) is 8.54. The average Bonchev–Trinajstić information content (AvgIpc) is 3.18. The topological polar surface area (TPSA) is 65.6 Å². The number of para-hydroxylation sites is 1. The number of aromatic amines is 1. The van der Waals surface area contributed by atoms with Crippen LogP contribution in [0.25, 0.3) is 10.9 Å². The maximum absolute atomic E-state index is 13.6. The molecular weight excluding hydrogens is 402 g/mol. The van der Waals surface area contributed by atoms with E-state index in [0.717, 1.165) is 22.0 Å². The molecule has 164 valence electrons. The smallest absolute Gasteiger partial charge is 0.257 e. The third kappa shape index (κ3) is 3.94. The van der Waals surface area contributed by atoms with Crippen LogP contribution in [-0.2, 0) is 27.3 Å². The van der Waals surface area contributed by atoms with Gasteiger partial charge in [0.05, 0.1) is 19.6 Å². The van der Waals surface area contributed by atoms with E-state index < -0.39 is 5.60 Å². The minimum Gasteiger partial charge on any atom is -0.361 e. The number of ether oxygens (including phenoxy) is 1. The summed E-state index contributed by atoms with van der Waals surface area (Å²) < 4.78 is 6.11. The van der Waals surface area contributed by atoms with Gasteiger partial charge in [0.2, 0.25) is 5.91 Å². The fourth-order valence-corrected chi connectivity index (χ4v) is 4.68. The number of morpholine rings is 1. The average molecular weight is 430 g/mol. The third-order valence-electron chi connectivity index (χ3n) is 6.39. The van der Waals surface area contributed by atoms with Gasteiger partial charge in [-0.25, -0.2) is 0 Å². The summed E-state index contributed by atoms with van der Waals surface area (Å²) in [6, 6.07) is 17.9. The van der Waals surface area contributed by atoms with Gasteiger partial charge in [-0.2, -0.15) is 0 Å². The maximum Gasteiger partial charge on any atom is 0.257 e. The van der Waals surface area contributed by atoms with Crippen molar-refractivity contribution in [3.63, 3.8) is 0 Å². The molecule has 0 aliphatic carbocycles. The lowest BCUT2D eigenvalue weighted by atomic mass is 9.95.